The number of aryl methyl sites for hydroxylation is 2. The SMILES string of the molecule is CCOc1ccccc1NC(=O)[C@H](C)Oc1ccc(C)c(C)c1. The lowest BCUT2D eigenvalue weighted by Gasteiger charge is -2.17. The lowest BCUT2D eigenvalue weighted by Crippen LogP contribution is -2.30. The van der Waals surface area contributed by atoms with Crippen LogP contribution in [0.3, 0.4) is 0 Å². The van der Waals surface area contributed by atoms with Crippen LogP contribution >= 0.6 is 0 Å². The molecule has 23 heavy (non-hydrogen) atoms. The standard InChI is InChI=1S/C19H23NO3/c1-5-22-18-9-7-6-8-17(18)20-19(21)15(4)23-16-11-10-13(2)14(3)12-16/h6-12,15H,5H2,1-4H3,(H,20,21)/t15-/m0/s1. The first-order valence-electron chi connectivity index (χ1n) is 7.78. The first kappa shape index (κ1) is 16.9. The summed E-state index contributed by atoms with van der Waals surface area (Å²) < 4.78 is 11.2. The number of nitrogens with one attached hydrogen (secondary N) is 1. The lowest BCUT2D eigenvalue weighted by molar-refractivity contribution is -0.122. The summed E-state index contributed by atoms with van der Waals surface area (Å²) in [5.41, 5.74) is 2.98. The van der Waals surface area contributed by atoms with Gasteiger partial charge in [-0.2, -0.15) is 0 Å². The molecule has 0 heterocycles. The van der Waals surface area contributed by atoms with Gasteiger partial charge in [0.05, 0.1) is 12.3 Å². The molecule has 0 spiro atoms. The Labute approximate surface area is 137 Å². The van der Waals surface area contributed by atoms with Gasteiger partial charge in [-0.25, -0.2) is 0 Å². The van der Waals surface area contributed by atoms with Gasteiger partial charge in [0.1, 0.15) is 11.5 Å². The minimum Gasteiger partial charge on any atom is -0.492 e. The third kappa shape index (κ3) is 4.49. The zero-order chi connectivity index (χ0) is 16.8. The van der Waals surface area contributed by atoms with Gasteiger partial charge in [-0.3, -0.25) is 4.79 Å². The fourth-order valence-corrected chi connectivity index (χ4v) is 2.13. The molecule has 2 aromatic rings. The maximum Gasteiger partial charge on any atom is 0.265 e. The minimum atomic E-state index is -0.605. The van der Waals surface area contributed by atoms with Crippen LogP contribution in [0, 0.1) is 13.8 Å². The predicted octanol–water partition coefficient (Wildman–Crippen LogP) is 4.11. The predicted molar refractivity (Wildman–Crippen MR) is 92.2 cm³/mol. The molecule has 0 bridgehead atoms. The van der Waals surface area contributed by atoms with Gasteiger partial charge in [0.15, 0.2) is 6.10 Å². The fraction of sp³-hybridized carbons (Fsp3) is 0.316. The summed E-state index contributed by atoms with van der Waals surface area (Å²) in [6, 6.07) is 13.2. The van der Waals surface area contributed by atoms with Gasteiger partial charge in [0.25, 0.3) is 5.91 Å². The van der Waals surface area contributed by atoms with Crippen LogP contribution in [0.2, 0.25) is 0 Å². The Morgan fingerprint density at radius 3 is 2.57 bits per heavy atom. The van der Waals surface area contributed by atoms with Gasteiger partial charge in [0, 0.05) is 0 Å². The molecule has 0 saturated heterocycles. The van der Waals surface area contributed by atoms with Crippen LogP contribution in [-0.4, -0.2) is 18.6 Å². The maximum absolute atomic E-state index is 12.3. The van der Waals surface area contributed by atoms with Gasteiger partial charge in [-0.1, -0.05) is 18.2 Å². The van der Waals surface area contributed by atoms with E-state index < -0.39 is 6.10 Å². The topological polar surface area (TPSA) is 47.6 Å². The average molecular weight is 313 g/mol. The van der Waals surface area contributed by atoms with Crippen molar-refractivity contribution in [1.29, 1.82) is 0 Å². The first-order chi connectivity index (χ1) is 11.0. The molecule has 1 amide bonds. The summed E-state index contributed by atoms with van der Waals surface area (Å²) in [6.45, 7) is 8.24. The Kier molecular flexibility index (Phi) is 5.63. The number of hydrogen-bond acceptors (Lipinski definition) is 3. The molecule has 1 N–H and O–H groups in total. The van der Waals surface area contributed by atoms with E-state index >= 15 is 0 Å². The molecule has 0 saturated carbocycles. The average Bonchev–Trinajstić information content (AvgIpc) is 2.53. The maximum atomic E-state index is 12.3. The lowest BCUT2D eigenvalue weighted by atomic mass is 10.1. The second kappa shape index (κ2) is 7.68. The number of carbonyl (C=O) groups excluding carboxylic acids is 1. The highest BCUT2D eigenvalue weighted by Crippen LogP contribution is 2.24. The van der Waals surface area contributed by atoms with Gasteiger partial charge in [-0.15, -0.1) is 0 Å². The molecule has 4 heteroatoms. The van der Waals surface area contributed by atoms with E-state index in [1.165, 1.54) is 5.56 Å². The van der Waals surface area contributed by atoms with Crippen molar-refractivity contribution in [2.75, 3.05) is 11.9 Å². The smallest absolute Gasteiger partial charge is 0.265 e. The van der Waals surface area contributed by atoms with Crippen LogP contribution in [0.5, 0.6) is 11.5 Å². The second-order valence-electron chi connectivity index (χ2n) is 5.42. The molecule has 4 nitrogen and oxygen atoms in total. The number of para-hydroxylation sites is 2. The number of anilines is 1. The molecule has 0 aromatic heterocycles. The molecule has 0 radical (unpaired) electrons. The van der Waals surface area contributed by atoms with Crippen molar-refractivity contribution >= 4 is 11.6 Å². The molecule has 122 valence electrons. The van der Waals surface area contributed by atoms with E-state index in [2.05, 4.69) is 5.32 Å². The van der Waals surface area contributed by atoms with Crippen LogP contribution in [0.15, 0.2) is 42.5 Å². The third-order valence-corrected chi connectivity index (χ3v) is 3.61. The quantitative estimate of drug-likeness (QED) is 0.873. The van der Waals surface area contributed by atoms with Crippen LogP contribution in [-0.2, 0) is 4.79 Å². The van der Waals surface area contributed by atoms with E-state index in [0.29, 0.717) is 23.8 Å². The van der Waals surface area contributed by atoms with Crippen LogP contribution in [0.1, 0.15) is 25.0 Å². The first-order valence-corrected chi connectivity index (χ1v) is 7.78. The Morgan fingerprint density at radius 2 is 1.87 bits per heavy atom. The number of rotatable bonds is 6. The van der Waals surface area contributed by atoms with E-state index in [4.69, 9.17) is 9.47 Å². The number of amides is 1. The molecule has 0 unspecified atom stereocenters. The normalized spacial score (nSPS) is 11.7. The molecule has 2 rings (SSSR count). The second-order valence-corrected chi connectivity index (χ2v) is 5.42. The van der Waals surface area contributed by atoms with Crippen molar-refractivity contribution in [1.82, 2.24) is 0 Å². The van der Waals surface area contributed by atoms with Crippen molar-refractivity contribution in [3.05, 3.63) is 53.6 Å². The third-order valence-electron chi connectivity index (χ3n) is 3.61. The number of ether oxygens (including phenoxy) is 2. The molecule has 2 aromatic carbocycles. The summed E-state index contributed by atoms with van der Waals surface area (Å²) in [5, 5.41) is 2.85. The monoisotopic (exact) mass is 313 g/mol. The minimum absolute atomic E-state index is 0.213. The molecule has 0 fully saturated rings. The summed E-state index contributed by atoms with van der Waals surface area (Å²) in [5.74, 6) is 1.13. The van der Waals surface area contributed by atoms with Crippen molar-refractivity contribution < 1.29 is 14.3 Å². The van der Waals surface area contributed by atoms with Gasteiger partial charge in [0.2, 0.25) is 0 Å². The van der Waals surface area contributed by atoms with Crippen molar-refractivity contribution in [2.45, 2.75) is 33.8 Å². The highest BCUT2D eigenvalue weighted by Gasteiger charge is 2.16. The van der Waals surface area contributed by atoms with Crippen molar-refractivity contribution in [3.63, 3.8) is 0 Å². The Morgan fingerprint density at radius 1 is 1.13 bits per heavy atom. The molecular weight excluding hydrogens is 290 g/mol. The molecule has 0 aliphatic carbocycles. The summed E-state index contributed by atoms with van der Waals surface area (Å²) >= 11 is 0. The highest BCUT2D eigenvalue weighted by atomic mass is 16.5. The van der Waals surface area contributed by atoms with Gasteiger partial charge in [-0.05, 0) is 63.1 Å². The fourth-order valence-electron chi connectivity index (χ4n) is 2.13. The zero-order valence-corrected chi connectivity index (χ0v) is 14.1. The van der Waals surface area contributed by atoms with Crippen molar-refractivity contribution in [3.8, 4) is 11.5 Å². The van der Waals surface area contributed by atoms with Crippen LogP contribution in [0.25, 0.3) is 0 Å². The number of hydrogen-bond donors (Lipinski definition) is 1. The highest BCUT2D eigenvalue weighted by molar-refractivity contribution is 5.95. The number of carbonyl (C=O) groups is 1. The summed E-state index contributed by atoms with van der Waals surface area (Å²) in [6.07, 6.45) is -0.605. The van der Waals surface area contributed by atoms with E-state index in [-0.39, 0.29) is 5.91 Å². The zero-order valence-electron chi connectivity index (χ0n) is 14.1. The Bertz CT molecular complexity index is 682. The Balaban J connectivity index is 2.04. The van der Waals surface area contributed by atoms with Gasteiger partial charge < -0.3 is 14.8 Å². The van der Waals surface area contributed by atoms with E-state index in [0.717, 1.165) is 5.56 Å². The van der Waals surface area contributed by atoms with Crippen LogP contribution in [0.4, 0.5) is 5.69 Å². The molecule has 1 atom stereocenters. The summed E-state index contributed by atoms with van der Waals surface area (Å²) in [4.78, 5) is 12.3. The molecule has 0 aliphatic rings. The Hall–Kier alpha value is -2.49. The van der Waals surface area contributed by atoms with E-state index in [1.54, 1.807) is 6.92 Å². The largest absolute Gasteiger partial charge is 0.492 e. The molecular formula is C19H23NO3. The van der Waals surface area contributed by atoms with E-state index in [9.17, 15) is 4.79 Å². The molecule has 0 aliphatic heterocycles. The van der Waals surface area contributed by atoms with Gasteiger partial charge >= 0.3 is 0 Å². The van der Waals surface area contributed by atoms with Crippen molar-refractivity contribution in [2.24, 2.45) is 0 Å². The van der Waals surface area contributed by atoms with Crippen LogP contribution < -0.4 is 14.8 Å². The summed E-state index contributed by atoms with van der Waals surface area (Å²) in [7, 11) is 0. The van der Waals surface area contributed by atoms with E-state index in [1.807, 2.05) is 63.2 Å². The number of benzene rings is 2.